The molecule has 1 unspecified atom stereocenters. The maximum atomic E-state index is 14.9. The van der Waals surface area contributed by atoms with Gasteiger partial charge in [-0.05, 0) is 37.3 Å². The summed E-state index contributed by atoms with van der Waals surface area (Å²) < 4.78 is 54.6. The summed E-state index contributed by atoms with van der Waals surface area (Å²) in [6.45, 7) is 1.65. The lowest BCUT2D eigenvalue weighted by atomic mass is 9.60. The molecule has 0 radical (unpaired) electrons. The molecule has 1 saturated heterocycles. The van der Waals surface area contributed by atoms with Crippen LogP contribution in [0.3, 0.4) is 0 Å². The van der Waals surface area contributed by atoms with E-state index in [0.717, 1.165) is 17.0 Å². The zero-order chi connectivity index (χ0) is 20.8. The minimum absolute atomic E-state index is 0.0340. The Kier molecular flexibility index (Phi) is 5.49. The first-order valence-corrected chi connectivity index (χ1v) is 9.23. The number of amides is 3. The Morgan fingerprint density at radius 3 is 2.54 bits per heavy atom. The molecule has 1 aliphatic carbocycles. The van der Waals surface area contributed by atoms with Crippen molar-refractivity contribution in [1.29, 1.82) is 0 Å². The fourth-order valence-corrected chi connectivity index (χ4v) is 4.62. The summed E-state index contributed by atoms with van der Waals surface area (Å²) in [5.41, 5.74) is 3.72. The van der Waals surface area contributed by atoms with Gasteiger partial charge in [0.25, 0.3) is 0 Å². The van der Waals surface area contributed by atoms with E-state index in [0.29, 0.717) is 0 Å². The zero-order valence-corrected chi connectivity index (χ0v) is 15.8. The molecular formula is C18H20ClF4N3O2. The minimum atomic E-state index is -2.54. The van der Waals surface area contributed by atoms with Gasteiger partial charge in [-0.2, -0.15) is 0 Å². The van der Waals surface area contributed by atoms with Crippen molar-refractivity contribution in [1.82, 2.24) is 10.2 Å². The molecule has 28 heavy (non-hydrogen) atoms. The molecule has 1 aromatic rings. The summed E-state index contributed by atoms with van der Waals surface area (Å²) in [6.07, 6.45) is -2.47. The molecule has 2 aliphatic rings. The number of piperazine rings is 1. The number of carbonyl (C=O) groups is 2. The summed E-state index contributed by atoms with van der Waals surface area (Å²) >= 11 is 5.72. The largest absolute Gasteiger partial charge is 0.352 e. The molecule has 0 bridgehead atoms. The van der Waals surface area contributed by atoms with Gasteiger partial charge in [0, 0.05) is 24.9 Å². The van der Waals surface area contributed by atoms with Crippen molar-refractivity contribution in [3.8, 4) is 0 Å². The van der Waals surface area contributed by atoms with E-state index in [1.165, 1.54) is 6.92 Å². The molecule has 2 fully saturated rings. The van der Waals surface area contributed by atoms with Crippen molar-refractivity contribution >= 4 is 23.5 Å². The van der Waals surface area contributed by atoms with Crippen molar-refractivity contribution < 1.29 is 27.2 Å². The molecule has 1 aliphatic heterocycles. The Balaban J connectivity index is 2.12. The number of nitrogens with one attached hydrogen (secondary N) is 1. The minimum Gasteiger partial charge on any atom is -0.352 e. The first-order chi connectivity index (χ1) is 13.1. The monoisotopic (exact) mass is 421 g/mol. The lowest BCUT2D eigenvalue weighted by Gasteiger charge is -2.53. The smallest absolute Gasteiger partial charge is 0.315 e. The van der Waals surface area contributed by atoms with Crippen LogP contribution in [-0.2, 0) is 4.79 Å². The van der Waals surface area contributed by atoms with E-state index >= 15 is 0 Å². The molecule has 0 aromatic heterocycles. The maximum Gasteiger partial charge on any atom is 0.315 e. The Bertz CT molecular complexity index is 803. The molecular weight excluding hydrogens is 402 g/mol. The van der Waals surface area contributed by atoms with Crippen LogP contribution in [0.5, 0.6) is 0 Å². The fourth-order valence-electron chi connectivity index (χ4n) is 4.45. The van der Waals surface area contributed by atoms with Crippen LogP contribution < -0.4 is 11.1 Å². The Morgan fingerprint density at radius 2 is 1.96 bits per heavy atom. The summed E-state index contributed by atoms with van der Waals surface area (Å²) in [7, 11) is 0. The summed E-state index contributed by atoms with van der Waals surface area (Å²) in [6, 6.07) is 1.21. The van der Waals surface area contributed by atoms with Gasteiger partial charge in [0.1, 0.15) is 22.2 Å². The number of carbonyl (C=O) groups excluding carboxylic acids is 2. The molecule has 3 amide bonds. The maximum absolute atomic E-state index is 14.9. The number of hydrogen-bond acceptors (Lipinski definition) is 2. The van der Waals surface area contributed by atoms with Gasteiger partial charge in [-0.15, -0.1) is 0 Å². The van der Waals surface area contributed by atoms with Gasteiger partial charge in [0.2, 0.25) is 12.3 Å². The van der Waals surface area contributed by atoms with Crippen molar-refractivity contribution in [3.63, 3.8) is 0 Å². The van der Waals surface area contributed by atoms with Gasteiger partial charge in [0.15, 0.2) is 0 Å². The van der Waals surface area contributed by atoms with Crippen LogP contribution in [0.2, 0.25) is 5.02 Å². The number of alkyl halides is 2. The fraction of sp³-hybridized carbons (Fsp3) is 0.556. The van der Waals surface area contributed by atoms with Gasteiger partial charge in [-0.3, -0.25) is 4.79 Å². The number of nitrogens with zero attached hydrogens (tertiary/aromatic N) is 1. The summed E-state index contributed by atoms with van der Waals surface area (Å²) in [5.74, 6) is -5.08. The van der Waals surface area contributed by atoms with Gasteiger partial charge in [-0.1, -0.05) is 17.7 Å². The average Bonchev–Trinajstić information content (AvgIpc) is 2.58. The van der Waals surface area contributed by atoms with Crippen LogP contribution in [0.4, 0.5) is 22.4 Å². The van der Waals surface area contributed by atoms with Gasteiger partial charge in [0.05, 0.1) is 0 Å². The summed E-state index contributed by atoms with van der Waals surface area (Å²) in [5, 5.41) is 1.87. The highest BCUT2D eigenvalue weighted by molar-refractivity contribution is 6.31. The molecule has 154 valence electrons. The normalized spacial score (nSPS) is 28.7. The van der Waals surface area contributed by atoms with Crippen molar-refractivity contribution in [2.24, 2.45) is 17.6 Å². The third kappa shape index (κ3) is 3.19. The van der Waals surface area contributed by atoms with Crippen LogP contribution in [-0.4, -0.2) is 41.9 Å². The molecule has 1 saturated carbocycles. The average molecular weight is 422 g/mol. The lowest BCUT2D eigenvalue weighted by Crippen LogP contribution is -2.69. The molecule has 0 spiro atoms. The number of rotatable bonds is 4. The number of hydrogen-bond donors (Lipinski definition) is 2. The Hall–Kier alpha value is -2.03. The summed E-state index contributed by atoms with van der Waals surface area (Å²) in [4.78, 5) is 26.0. The molecule has 5 nitrogen and oxygen atoms in total. The van der Waals surface area contributed by atoms with Gasteiger partial charge >= 0.3 is 6.03 Å². The topological polar surface area (TPSA) is 75.4 Å². The molecule has 1 aromatic carbocycles. The van der Waals surface area contributed by atoms with Crippen LogP contribution in [0.1, 0.15) is 31.2 Å². The first kappa shape index (κ1) is 20.7. The second-order valence-electron chi connectivity index (χ2n) is 7.46. The van der Waals surface area contributed by atoms with E-state index in [1.807, 2.05) is 0 Å². The van der Waals surface area contributed by atoms with Gasteiger partial charge in [-0.25, -0.2) is 22.4 Å². The van der Waals surface area contributed by atoms with Crippen molar-refractivity contribution in [2.45, 2.75) is 37.6 Å². The molecule has 3 rings (SSSR count). The predicted octanol–water partition coefficient (Wildman–Crippen LogP) is 3.26. The SMILES string of the molecule is CC1([C@H](c2ccc(F)c(Cl)c2F)C2CC(C(F)F)C2)C(=O)NCCN1C(N)=O. The highest BCUT2D eigenvalue weighted by Gasteiger charge is 2.56. The second kappa shape index (κ2) is 7.42. The van der Waals surface area contributed by atoms with E-state index in [-0.39, 0.29) is 31.5 Å². The number of urea groups is 1. The third-order valence-electron chi connectivity index (χ3n) is 5.95. The van der Waals surface area contributed by atoms with Gasteiger partial charge < -0.3 is 16.0 Å². The third-order valence-corrected chi connectivity index (χ3v) is 6.30. The molecule has 3 N–H and O–H groups in total. The van der Waals surface area contributed by atoms with E-state index in [1.54, 1.807) is 0 Å². The Morgan fingerprint density at radius 1 is 1.32 bits per heavy atom. The number of benzene rings is 1. The Labute approximate surface area is 164 Å². The number of nitrogens with two attached hydrogens (primary N) is 1. The van der Waals surface area contributed by atoms with Crippen LogP contribution in [0, 0.1) is 23.5 Å². The quantitative estimate of drug-likeness (QED) is 0.578. The highest BCUT2D eigenvalue weighted by Crippen LogP contribution is 2.52. The van der Waals surface area contributed by atoms with Crippen molar-refractivity contribution in [2.75, 3.05) is 13.1 Å². The highest BCUT2D eigenvalue weighted by atomic mass is 35.5. The second-order valence-corrected chi connectivity index (χ2v) is 7.84. The standard InChI is InChI=1S/C18H20ClF4N3O2/c1-18(16(27)25-4-5-26(18)17(24)28)12(8-6-9(7-8)15(22)23)10-2-3-11(20)13(19)14(10)21/h2-3,8-9,12,15H,4-7H2,1H3,(H2,24,28)(H,25,27)/t8?,9?,12-,18?/m0/s1. The van der Waals surface area contributed by atoms with Crippen LogP contribution in [0.25, 0.3) is 0 Å². The predicted molar refractivity (Wildman–Crippen MR) is 94.0 cm³/mol. The first-order valence-electron chi connectivity index (χ1n) is 8.85. The van der Waals surface area contributed by atoms with E-state index in [4.69, 9.17) is 17.3 Å². The van der Waals surface area contributed by atoms with Crippen LogP contribution >= 0.6 is 11.6 Å². The zero-order valence-electron chi connectivity index (χ0n) is 15.0. The van der Waals surface area contributed by atoms with E-state index < -0.39 is 58.3 Å². The molecule has 2 atom stereocenters. The number of primary amides is 1. The van der Waals surface area contributed by atoms with E-state index in [9.17, 15) is 27.2 Å². The van der Waals surface area contributed by atoms with E-state index in [2.05, 4.69) is 5.32 Å². The van der Waals surface area contributed by atoms with Crippen LogP contribution in [0.15, 0.2) is 12.1 Å². The van der Waals surface area contributed by atoms with Crippen molar-refractivity contribution in [3.05, 3.63) is 34.4 Å². The number of halogens is 5. The molecule has 10 heteroatoms. The molecule has 1 heterocycles. The lowest BCUT2D eigenvalue weighted by molar-refractivity contribution is -0.138.